The largest absolute Gasteiger partial charge is 0.506 e. The molecule has 0 radical (unpaired) electrons. The number of rotatable bonds is 4. The van der Waals surface area contributed by atoms with E-state index in [0.717, 1.165) is 12.1 Å². The first kappa shape index (κ1) is 22.0. The fourth-order valence-corrected chi connectivity index (χ4v) is 5.46. The summed E-state index contributed by atoms with van der Waals surface area (Å²) in [6.07, 6.45) is 0. The standard InChI is InChI=1S/C19H12Cl4O5S/c20-13-6-2-1-4-11(13)19(29(26,27)28,12-5-3-7-14(21)17(12)22)10-8-15(24)18(23)16(25)9-10/h1-9,24-25H,(H,26,27,28). The van der Waals surface area contributed by atoms with Crippen LogP contribution in [0.25, 0.3) is 0 Å². The second-order valence-electron chi connectivity index (χ2n) is 6.07. The van der Waals surface area contributed by atoms with Crippen LogP contribution < -0.4 is 0 Å². The summed E-state index contributed by atoms with van der Waals surface area (Å²) in [7, 11) is -5.09. The van der Waals surface area contributed by atoms with Crippen molar-refractivity contribution < 1.29 is 23.2 Å². The van der Waals surface area contributed by atoms with Crippen molar-refractivity contribution >= 4 is 56.5 Å². The first-order valence-electron chi connectivity index (χ1n) is 7.90. The van der Waals surface area contributed by atoms with Crippen molar-refractivity contribution in [2.45, 2.75) is 4.75 Å². The SMILES string of the molecule is O=S(=O)(O)C(c1cc(O)c(Cl)c(O)c1)(c1ccccc1Cl)c1cccc(Cl)c1Cl. The molecule has 0 fully saturated rings. The normalized spacial score (nSPS) is 13.8. The van der Waals surface area contributed by atoms with Gasteiger partial charge < -0.3 is 10.2 Å². The lowest BCUT2D eigenvalue weighted by atomic mass is 9.83. The minimum atomic E-state index is -5.09. The Kier molecular flexibility index (Phi) is 5.98. The third-order valence-electron chi connectivity index (χ3n) is 4.41. The summed E-state index contributed by atoms with van der Waals surface area (Å²) >= 11 is 24.6. The average Bonchev–Trinajstić information content (AvgIpc) is 2.63. The smallest absolute Gasteiger partial charge is 0.283 e. The zero-order valence-corrected chi connectivity index (χ0v) is 18.1. The summed E-state index contributed by atoms with van der Waals surface area (Å²) in [6.45, 7) is 0. The molecule has 0 bridgehead atoms. The van der Waals surface area contributed by atoms with E-state index in [1.807, 2.05) is 0 Å². The maximum atomic E-state index is 13.0. The number of phenolic OH excluding ortho intramolecular Hbond substituents is 2. The monoisotopic (exact) mass is 492 g/mol. The molecule has 1 atom stereocenters. The van der Waals surface area contributed by atoms with E-state index < -0.39 is 31.4 Å². The van der Waals surface area contributed by atoms with Crippen LogP contribution in [0, 0.1) is 0 Å². The molecule has 0 aliphatic carbocycles. The second kappa shape index (κ2) is 7.87. The van der Waals surface area contributed by atoms with Crippen LogP contribution in [0.3, 0.4) is 0 Å². The predicted octanol–water partition coefficient (Wildman–Crippen LogP) is 5.89. The number of benzene rings is 3. The maximum Gasteiger partial charge on any atom is 0.283 e. The summed E-state index contributed by atoms with van der Waals surface area (Å²) < 4.78 is 34.0. The molecule has 0 spiro atoms. The van der Waals surface area contributed by atoms with E-state index in [-0.39, 0.29) is 31.8 Å². The predicted molar refractivity (Wildman–Crippen MR) is 114 cm³/mol. The van der Waals surface area contributed by atoms with E-state index in [0.29, 0.717) is 0 Å². The van der Waals surface area contributed by atoms with Gasteiger partial charge in [-0.2, -0.15) is 8.42 Å². The summed E-state index contributed by atoms with van der Waals surface area (Å²) in [6, 6.07) is 12.1. The fourth-order valence-electron chi connectivity index (χ4n) is 3.20. The lowest BCUT2D eigenvalue weighted by Gasteiger charge is -2.34. The summed E-state index contributed by atoms with van der Waals surface area (Å²) in [5.41, 5.74) is -0.463. The molecule has 0 aromatic heterocycles. The fraction of sp³-hybridized carbons (Fsp3) is 0.0526. The van der Waals surface area contributed by atoms with Gasteiger partial charge in [-0.05, 0) is 29.8 Å². The first-order valence-corrected chi connectivity index (χ1v) is 10.9. The quantitative estimate of drug-likeness (QED) is 0.311. The van der Waals surface area contributed by atoms with Crippen LogP contribution in [0.15, 0.2) is 54.6 Å². The molecule has 3 rings (SSSR count). The van der Waals surface area contributed by atoms with Gasteiger partial charge in [-0.3, -0.25) is 4.55 Å². The van der Waals surface area contributed by atoms with Gasteiger partial charge in [0.2, 0.25) is 0 Å². The van der Waals surface area contributed by atoms with Crippen LogP contribution in [-0.4, -0.2) is 23.2 Å². The van der Waals surface area contributed by atoms with Crippen LogP contribution in [0.1, 0.15) is 16.7 Å². The van der Waals surface area contributed by atoms with Crippen molar-refractivity contribution in [1.82, 2.24) is 0 Å². The highest BCUT2D eigenvalue weighted by molar-refractivity contribution is 7.87. The summed E-state index contributed by atoms with van der Waals surface area (Å²) in [5, 5.41) is 19.7. The first-order chi connectivity index (χ1) is 13.5. The molecule has 3 N–H and O–H groups in total. The Morgan fingerprint density at radius 2 is 1.24 bits per heavy atom. The molecule has 0 saturated heterocycles. The van der Waals surface area contributed by atoms with Crippen molar-refractivity contribution in [2.75, 3.05) is 0 Å². The van der Waals surface area contributed by atoms with Crippen molar-refractivity contribution in [3.8, 4) is 11.5 Å². The minimum Gasteiger partial charge on any atom is -0.506 e. The molecule has 1 unspecified atom stereocenters. The van der Waals surface area contributed by atoms with E-state index in [4.69, 9.17) is 46.4 Å². The molecule has 0 aliphatic heterocycles. The molecule has 0 aliphatic rings. The highest BCUT2D eigenvalue weighted by Gasteiger charge is 2.51. The molecule has 0 heterocycles. The third-order valence-corrected chi connectivity index (χ3v) is 7.40. The van der Waals surface area contributed by atoms with E-state index in [9.17, 15) is 23.2 Å². The molecule has 10 heteroatoms. The molecular weight excluding hydrogens is 482 g/mol. The van der Waals surface area contributed by atoms with Gasteiger partial charge in [0.25, 0.3) is 10.1 Å². The highest BCUT2D eigenvalue weighted by Crippen LogP contribution is 2.51. The Balaban J connectivity index is 2.63. The number of phenols is 2. The Morgan fingerprint density at radius 3 is 1.79 bits per heavy atom. The Bertz CT molecular complexity index is 1190. The topological polar surface area (TPSA) is 94.8 Å². The second-order valence-corrected chi connectivity index (χ2v) is 9.20. The van der Waals surface area contributed by atoms with Gasteiger partial charge in [-0.25, -0.2) is 0 Å². The Labute approximate surface area is 186 Å². The average molecular weight is 494 g/mol. The zero-order valence-electron chi connectivity index (χ0n) is 14.3. The van der Waals surface area contributed by atoms with Crippen molar-refractivity contribution in [3.05, 3.63) is 91.4 Å². The molecule has 152 valence electrons. The molecule has 0 saturated carbocycles. The van der Waals surface area contributed by atoms with Crippen molar-refractivity contribution in [3.63, 3.8) is 0 Å². The van der Waals surface area contributed by atoms with E-state index >= 15 is 0 Å². The number of hydrogen-bond acceptors (Lipinski definition) is 4. The van der Waals surface area contributed by atoms with Gasteiger partial charge in [-0.15, -0.1) is 0 Å². The molecule has 0 amide bonds. The molecule has 3 aromatic carbocycles. The molecule has 5 nitrogen and oxygen atoms in total. The molecule has 29 heavy (non-hydrogen) atoms. The van der Waals surface area contributed by atoms with E-state index in [1.54, 1.807) is 6.07 Å². The number of halogens is 4. The van der Waals surface area contributed by atoms with Crippen molar-refractivity contribution in [1.29, 1.82) is 0 Å². The van der Waals surface area contributed by atoms with Gasteiger partial charge in [-0.1, -0.05) is 76.7 Å². The van der Waals surface area contributed by atoms with Crippen LogP contribution in [0.2, 0.25) is 20.1 Å². The third kappa shape index (κ3) is 3.54. The van der Waals surface area contributed by atoms with Crippen LogP contribution >= 0.6 is 46.4 Å². The Hall–Kier alpha value is -1.67. The van der Waals surface area contributed by atoms with Gasteiger partial charge in [0.1, 0.15) is 16.5 Å². The molecular formula is C19H12Cl4O5S. The number of aromatic hydroxyl groups is 2. The Morgan fingerprint density at radius 1 is 0.724 bits per heavy atom. The lowest BCUT2D eigenvalue weighted by Crippen LogP contribution is -2.39. The maximum absolute atomic E-state index is 13.0. The van der Waals surface area contributed by atoms with Gasteiger partial charge >= 0.3 is 0 Å². The van der Waals surface area contributed by atoms with Gasteiger partial charge in [0.05, 0.1) is 10.0 Å². The van der Waals surface area contributed by atoms with Crippen LogP contribution in [-0.2, 0) is 14.9 Å². The van der Waals surface area contributed by atoms with Gasteiger partial charge in [0.15, 0.2) is 4.75 Å². The number of hydrogen-bond donors (Lipinski definition) is 3. The van der Waals surface area contributed by atoms with Crippen LogP contribution in [0.4, 0.5) is 0 Å². The van der Waals surface area contributed by atoms with E-state index in [1.165, 1.54) is 36.4 Å². The summed E-state index contributed by atoms with van der Waals surface area (Å²) in [5.74, 6) is -1.22. The minimum absolute atomic E-state index is 0.0184. The summed E-state index contributed by atoms with van der Waals surface area (Å²) in [4.78, 5) is 0. The van der Waals surface area contributed by atoms with Crippen LogP contribution in [0.5, 0.6) is 11.5 Å². The lowest BCUT2D eigenvalue weighted by molar-refractivity contribution is 0.444. The van der Waals surface area contributed by atoms with Crippen molar-refractivity contribution in [2.24, 2.45) is 0 Å². The van der Waals surface area contributed by atoms with E-state index in [2.05, 4.69) is 0 Å². The van der Waals surface area contributed by atoms with Gasteiger partial charge in [0, 0.05) is 16.1 Å². The zero-order chi connectivity index (χ0) is 21.6. The highest BCUT2D eigenvalue weighted by atomic mass is 35.5. The molecule has 3 aromatic rings.